The molecule has 0 aliphatic heterocycles. The number of nitrogens with one attached hydrogen (secondary N) is 4. The van der Waals surface area contributed by atoms with Crippen LogP contribution in [0.3, 0.4) is 0 Å². The van der Waals surface area contributed by atoms with Crippen molar-refractivity contribution in [2.24, 2.45) is 11.7 Å². The second-order valence-corrected chi connectivity index (χ2v) is 13.3. The van der Waals surface area contributed by atoms with Gasteiger partial charge in [-0.3, -0.25) is 19.2 Å². The summed E-state index contributed by atoms with van der Waals surface area (Å²) in [5, 5.41) is 11.2. The Kier molecular flexibility index (Phi) is 25.2. The summed E-state index contributed by atoms with van der Waals surface area (Å²) in [5.74, 6) is 0.0182. The van der Waals surface area contributed by atoms with E-state index in [0.717, 1.165) is 12.3 Å². The third-order valence-corrected chi connectivity index (χ3v) is 7.47. The molecule has 4 amide bonds. The Bertz CT molecular complexity index is 1400. The minimum absolute atomic E-state index is 0.0897. The third-order valence-electron chi connectivity index (χ3n) is 7.26. The number of allylic oxidation sites excluding steroid dienone is 3. The number of nitrogens with two attached hydrogens (primary N) is 1. The second kappa shape index (κ2) is 27.5. The molecule has 0 saturated carbocycles. The molecule has 2 aromatic rings. The number of carbonyl (C=O) groups excluding carboxylic acids is 4. The first-order valence-corrected chi connectivity index (χ1v) is 18.3. The van der Waals surface area contributed by atoms with E-state index in [4.69, 9.17) is 17.3 Å². The van der Waals surface area contributed by atoms with E-state index in [2.05, 4.69) is 117 Å². The molecule has 0 radical (unpaired) electrons. The molecular weight excluding hydrogens is 662 g/mol. The van der Waals surface area contributed by atoms with Crippen molar-refractivity contribution < 1.29 is 19.2 Å². The summed E-state index contributed by atoms with van der Waals surface area (Å²) in [6.45, 7) is 19.1. The number of benzene rings is 2. The van der Waals surface area contributed by atoms with Gasteiger partial charge in [-0.1, -0.05) is 120 Å². The van der Waals surface area contributed by atoms with Crippen LogP contribution in [0, 0.1) is 5.92 Å². The fraction of sp³-hybridized carbons (Fsp3) is 0.463. The van der Waals surface area contributed by atoms with E-state index in [9.17, 15) is 19.2 Å². The van der Waals surface area contributed by atoms with Crippen LogP contribution in [0.25, 0.3) is 0 Å². The maximum atomic E-state index is 12.4. The third kappa shape index (κ3) is 23.0. The number of halogens is 1. The highest BCUT2D eigenvalue weighted by molar-refractivity contribution is 6.32. The molecule has 2 aromatic carbocycles. The first kappa shape index (κ1) is 46.8. The standard InChI is InChI=1S/C19H28ClN5O4.C10H14.C8H10.C4H10/c1-4-22-16(26)10-24-18(28)12(3)23-9-11(2)25-19(29)14-6-5-13(17(21)27)7-15(20)8-14;1-3-9(2)10-7-5-4-6-8-10;1-2-8-6-4-3-5-7-8;1-4(2)3/h6-8,11-12,23H,4-5,9-10H2,1-3H3,(H2,21,27)(H,22,26)(H,24,28)(H,25,29);4-9H,3H2,1-2H3;3-7H,2H2,1H3;4H,1-3H3/t;9-;;/m.1../s1. The summed E-state index contributed by atoms with van der Waals surface area (Å²) in [7, 11) is 0. The monoisotopic (exact) mass is 723 g/mol. The van der Waals surface area contributed by atoms with Crippen molar-refractivity contribution in [1.82, 2.24) is 21.3 Å². The van der Waals surface area contributed by atoms with Gasteiger partial charge in [0.15, 0.2) is 0 Å². The Morgan fingerprint density at radius 3 is 1.88 bits per heavy atom. The van der Waals surface area contributed by atoms with Crippen molar-refractivity contribution in [2.45, 2.75) is 99.6 Å². The maximum Gasteiger partial charge on any atom is 0.251 e. The van der Waals surface area contributed by atoms with E-state index in [1.165, 1.54) is 29.7 Å². The summed E-state index contributed by atoms with van der Waals surface area (Å²) in [6, 6.07) is 20.3. The highest BCUT2D eigenvalue weighted by Crippen LogP contribution is 2.19. The lowest BCUT2D eigenvalue weighted by Gasteiger charge is -2.19. The fourth-order valence-electron chi connectivity index (χ4n) is 4.14. The molecule has 0 spiro atoms. The average Bonchev–Trinajstić information content (AvgIpc) is 3.32. The number of hydrogen-bond acceptors (Lipinski definition) is 5. The summed E-state index contributed by atoms with van der Waals surface area (Å²) >= 11 is 6.02. The quantitative estimate of drug-likeness (QED) is 0.156. The molecule has 0 bridgehead atoms. The summed E-state index contributed by atoms with van der Waals surface area (Å²) < 4.78 is 0. The SMILES string of the molecule is CC(C)C.CCNC(=O)CNC(=O)C(C)NCC(C)NC(=O)C1=CCC(C(N)=O)=CC(Cl)=C1.CC[C@@H](C)c1ccccc1.CCc1ccccc1. The molecule has 0 heterocycles. The van der Waals surface area contributed by atoms with Gasteiger partial charge in [0.05, 0.1) is 12.6 Å². The minimum atomic E-state index is -0.591. The largest absolute Gasteiger partial charge is 0.366 e. The van der Waals surface area contributed by atoms with Crippen LogP contribution in [0.1, 0.15) is 92.2 Å². The molecule has 10 heteroatoms. The zero-order chi connectivity index (χ0) is 38.8. The molecule has 1 aliphatic carbocycles. The molecule has 3 atom stereocenters. The van der Waals surface area contributed by atoms with Crippen molar-refractivity contribution in [1.29, 1.82) is 0 Å². The highest BCUT2D eigenvalue weighted by atomic mass is 35.5. The van der Waals surface area contributed by atoms with Crippen molar-refractivity contribution in [3.8, 4) is 0 Å². The van der Waals surface area contributed by atoms with Crippen LogP contribution in [0.4, 0.5) is 0 Å². The van der Waals surface area contributed by atoms with Gasteiger partial charge in [-0.05, 0) is 75.1 Å². The van der Waals surface area contributed by atoms with Crippen LogP contribution in [0.2, 0.25) is 0 Å². The fourth-order valence-corrected chi connectivity index (χ4v) is 4.39. The van der Waals surface area contributed by atoms with E-state index < -0.39 is 11.9 Å². The van der Waals surface area contributed by atoms with Crippen LogP contribution in [-0.2, 0) is 25.6 Å². The first-order chi connectivity index (χ1) is 24.1. The lowest BCUT2D eigenvalue weighted by atomic mass is 9.99. The predicted octanol–water partition coefficient (Wildman–Crippen LogP) is 6.70. The minimum Gasteiger partial charge on any atom is -0.366 e. The Morgan fingerprint density at radius 1 is 0.824 bits per heavy atom. The molecule has 282 valence electrons. The second-order valence-electron chi connectivity index (χ2n) is 12.9. The number of hydrogen-bond donors (Lipinski definition) is 5. The van der Waals surface area contributed by atoms with Crippen LogP contribution in [0.5, 0.6) is 0 Å². The molecule has 0 saturated heterocycles. The van der Waals surface area contributed by atoms with Gasteiger partial charge in [0.25, 0.3) is 5.91 Å². The average molecular weight is 724 g/mol. The Hall–Kier alpha value is -4.21. The van der Waals surface area contributed by atoms with Crippen molar-refractivity contribution in [3.05, 3.63) is 106 Å². The normalized spacial score (nSPS) is 13.6. The molecule has 51 heavy (non-hydrogen) atoms. The first-order valence-electron chi connectivity index (χ1n) is 17.9. The number of rotatable bonds is 13. The van der Waals surface area contributed by atoms with Crippen molar-refractivity contribution >= 4 is 35.2 Å². The molecule has 0 aromatic heterocycles. The van der Waals surface area contributed by atoms with Gasteiger partial charge >= 0.3 is 0 Å². The van der Waals surface area contributed by atoms with Gasteiger partial charge < -0.3 is 27.0 Å². The van der Waals surface area contributed by atoms with E-state index in [0.29, 0.717) is 30.2 Å². The topological polar surface area (TPSA) is 142 Å². The smallest absolute Gasteiger partial charge is 0.251 e. The van der Waals surface area contributed by atoms with E-state index in [1.54, 1.807) is 26.8 Å². The van der Waals surface area contributed by atoms with Crippen LogP contribution in [0.15, 0.2) is 95.1 Å². The van der Waals surface area contributed by atoms with Crippen molar-refractivity contribution in [2.75, 3.05) is 19.6 Å². The maximum absolute atomic E-state index is 12.4. The summed E-state index contributed by atoms with van der Waals surface area (Å²) in [6.07, 6.45) is 7.06. The van der Waals surface area contributed by atoms with E-state index >= 15 is 0 Å². The van der Waals surface area contributed by atoms with E-state index in [-0.39, 0.29) is 41.8 Å². The Morgan fingerprint density at radius 2 is 1.39 bits per heavy atom. The zero-order valence-electron chi connectivity index (χ0n) is 32.1. The van der Waals surface area contributed by atoms with Gasteiger partial charge in [0.1, 0.15) is 0 Å². The molecule has 2 unspecified atom stereocenters. The van der Waals surface area contributed by atoms with Crippen LogP contribution in [-0.4, -0.2) is 55.3 Å². The van der Waals surface area contributed by atoms with Crippen LogP contribution < -0.4 is 27.0 Å². The molecule has 1 aliphatic rings. The van der Waals surface area contributed by atoms with Crippen LogP contribution >= 0.6 is 11.6 Å². The summed E-state index contributed by atoms with van der Waals surface area (Å²) in [5.41, 5.74) is 8.76. The van der Waals surface area contributed by atoms with Gasteiger partial charge in [-0.25, -0.2) is 0 Å². The van der Waals surface area contributed by atoms with Crippen molar-refractivity contribution in [3.63, 3.8) is 0 Å². The Labute approximate surface area is 312 Å². The number of primary amides is 1. The lowest BCUT2D eigenvalue weighted by molar-refractivity contribution is -0.127. The van der Waals surface area contributed by atoms with E-state index in [1.807, 2.05) is 6.07 Å². The zero-order valence-corrected chi connectivity index (χ0v) is 32.9. The summed E-state index contributed by atoms with van der Waals surface area (Å²) in [4.78, 5) is 47.1. The lowest BCUT2D eigenvalue weighted by Crippen LogP contribution is -2.49. The molecular formula is C41H62ClN5O4. The molecule has 3 rings (SSSR count). The van der Waals surface area contributed by atoms with Gasteiger partial charge in [0.2, 0.25) is 17.7 Å². The van der Waals surface area contributed by atoms with Gasteiger partial charge in [0, 0.05) is 35.3 Å². The number of amides is 4. The molecule has 9 nitrogen and oxygen atoms in total. The molecule has 0 fully saturated rings. The number of carbonyl (C=O) groups is 4. The van der Waals surface area contributed by atoms with Gasteiger partial charge in [-0.15, -0.1) is 0 Å². The predicted molar refractivity (Wildman–Crippen MR) is 212 cm³/mol. The number of aryl methyl sites for hydroxylation is 1. The van der Waals surface area contributed by atoms with Gasteiger partial charge in [-0.2, -0.15) is 0 Å². The highest BCUT2D eigenvalue weighted by Gasteiger charge is 2.18. The number of likely N-dealkylation sites (N-methyl/N-ethyl adjacent to an activating group) is 1. The molecule has 6 N–H and O–H groups in total. The Balaban J connectivity index is 0.000000906.